The number of hydrogen-bond acceptors (Lipinski definition) is 2. The van der Waals surface area contributed by atoms with Crippen molar-refractivity contribution >= 4 is 23.0 Å². The molecule has 0 saturated carbocycles. The van der Waals surface area contributed by atoms with Crippen molar-refractivity contribution in [2.45, 2.75) is 6.92 Å². The summed E-state index contributed by atoms with van der Waals surface area (Å²) < 4.78 is 0. The number of allylic oxidation sites excluding steroid dienone is 1. The average molecular weight is 252 g/mol. The number of amides is 1. The first-order valence-corrected chi connectivity index (χ1v) is 6.14. The Morgan fingerprint density at radius 3 is 2.11 bits per heavy atom. The van der Waals surface area contributed by atoms with E-state index in [9.17, 15) is 4.79 Å². The topological polar surface area (TPSA) is 41.1 Å². The normalized spacial score (nSPS) is 10.4. The van der Waals surface area contributed by atoms with Gasteiger partial charge in [0.15, 0.2) is 0 Å². The molecule has 0 fully saturated rings. The Bertz CT molecular complexity index is 559. The van der Waals surface area contributed by atoms with Crippen molar-refractivity contribution in [1.82, 2.24) is 0 Å². The summed E-state index contributed by atoms with van der Waals surface area (Å²) in [7, 11) is 0. The van der Waals surface area contributed by atoms with Gasteiger partial charge in [-0.25, -0.2) is 0 Å². The van der Waals surface area contributed by atoms with Gasteiger partial charge in [-0.15, -0.1) is 0 Å². The van der Waals surface area contributed by atoms with Crippen LogP contribution in [0.3, 0.4) is 0 Å². The molecule has 96 valence electrons. The molecule has 0 spiro atoms. The van der Waals surface area contributed by atoms with Crippen molar-refractivity contribution < 1.29 is 4.79 Å². The molecule has 3 heteroatoms. The van der Waals surface area contributed by atoms with Gasteiger partial charge in [0.1, 0.15) is 0 Å². The van der Waals surface area contributed by atoms with Gasteiger partial charge in [-0.05, 0) is 49.4 Å². The van der Waals surface area contributed by atoms with Crippen molar-refractivity contribution in [3.8, 4) is 0 Å². The highest BCUT2D eigenvalue weighted by atomic mass is 16.1. The zero-order valence-corrected chi connectivity index (χ0v) is 10.8. The third kappa shape index (κ3) is 4.00. The number of benzene rings is 2. The van der Waals surface area contributed by atoms with Crippen molar-refractivity contribution in [3.63, 3.8) is 0 Å². The van der Waals surface area contributed by atoms with Crippen LogP contribution >= 0.6 is 0 Å². The van der Waals surface area contributed by atoms with Crippen LogP contribution in [0, 0.1) is 0 Å². The van der Waals surface area contributed by atoms with E-state index in [4.69, 9.17) is 0 Å². The van der Waals surface area contributed by atoms with Crippen LogP contribution in [-0.4, -0.2) is 5.91 Å². The highest BCUT2D eigenvalue weighted by molar-refractivity contribution is 5.99. The van der Waals surface area contributed by atoms with Crippen LogP contribution in [-0.2, 0) is 4.79 Å². The summed E-state index contributed by atoms with van der Waals surface area (Å²) in [6.45, 7) is 1.81. The summed E-state index contributed by atoms with van der Waals surface area (Å²) in [6, 6.07) is 17.5. The first-order chi connectivity index (χ1) is 9.28. The summed E-state index contributed by atoms with van der Waals surface area (Å²) in [4.78, 5) is 11.4. The fraction of sp³-hybridized carbons (Fsp3) is 0.0625. The van der Waals surface area contributed by atoms with Crippen LogP contribution in [0.4, 0.5) is 17.1 Å². The maximum atomic E-state index is 11.4. The molecule has 0 aromatic heterocycles. The van der Waals surface area contributed by atoms with E-state index < -0.39 is 0 Å². The predicted octanol–water partition coefficient (Wildman–Crippen LogP) is 3.94. The number of carbonyl (C=O) groups is 1. The standard InChI is InChI=1S/C16H16N2O/c1-2-6-16(19)18-15-11-9-14(10-12-15)17-13-7-4-3-5-8-13/h2-12,17H,1H3,(H,18,19)/b6-2+. The minimum atomic E-state index is -0.119. The summed E-state index contributed by atoms with van der Waals surface area (Å²) >= 11 is 0. The van der Waals surface area contributed by atoms with Crippen molar-refractivity contribution in [1.29, 1.82) is 0 Å². The van der Waals surface area contributed by atoms with Gasteiger partial charge in [-0.1, -0.05) is 24.3 Å². The average Bonchev–Trinajstić information content (AvgIpc) is 2.42. The molecule has 0 aliphatic heterocycles. The molecule has 2 N–H and O–H groups in total. The van der Waals surface area contributed by atoms with Gasteiger partial charge in [0.05, 0.1) is 0 Å². The van der Waals surface area contributed by atoms with Crippen molar-refractivity contribution in [3.05, 3.63) is 66.7 Å². The maximum Gasteiger partial charge on any atom is 0.248 e. The number of para-hydroxylation sites is 1. The van der Waals surface area contributed by atoms with Crippen LogP contribution in [0.15, 0.2) is 66.7 Å². The van der Waals surface area contributed by atoms with E-state index in [-0.39, 0.29) is 5.91 Å². The van der Waals surface area contributed by atoms with E-state index in [1.54, 1.807) is 6.08 Å². The van der Waals surface area contributed by atoms with Gasteiger partial charge < -0.3 is 10.6 Å². The number of anilines is 3. The first-order valence-electron chi connectivity index (χ1n) is 6.14. The Kier molecular flexibility index (Phi) is 4.34. The molecular formula is C16H16N2O. The second-order valence-corrected chi connectivity index (χ2v) is 4.06. The third-order valence-electron chi connectivity index (χ3n) is 2.53. The van der Waals surface area contributed by atoms with E-state index in [2.05, 4.69) is 10.6 Å². The fourth-order valence-electron chi connectivity index (χ4n) is 1.66. The van der Waals surface area contributed by atoms with E-state index >= 15 is 0 Å². The van der Waals surface area contributed by atoms with Gasteiger partial charge in [0.2, 0.25) is 5.91 Å². The minimum absolute atomic E-state index is 0.119. The van der Waals surface area contributed by atoms with Crippen LogP contribution in [0.1, 0.15) is 6.92 Å². The monoisotopic (exact) mass is 252 g/mol. The Labute approximate surface area is 113 Å². The van der Waals surface area contributed by atoms with Crippen LogP contribution in [0.25, 0.3) is 0 Å². The van der Waals surface area contributed by atoms with Gasteiger partial charge in [0.25, 0.3) is 0 Å². The molecule has 0 heterocycles. The Morgan fingerprint density at radius 1 is 0.895 bits per heavy atom. The summed E-state index contributed by atoms with van der Waals surface area (Å²) in [5, 5.41) is 6.06. The SMILES string of the molecule is C/C=C/C(=O)Nc1ccc(Nc2ccccc2)cc1. The molecule has 0 unspecified atom stereocenters. The highest BCUT2D eigenvalue weighted by Gasteiger charge is 1.98. The lowest BCUT2D eigenvalue weighted by atomic mass is 10.2. The van der Waals surface area contributed by atoms with E-state index in [0.29, 0.717) is 0 Å². The quantitative estimate of drug-likeness (QED) is 0.809. The molecule has 0 radical (unpaired) electrons. The van der Waals surface area contributed by atoms with Gasteiger partial charge in [0, 0.05) is 17.1 Å². The zero-order valence-electron chi connectivity index (χ0n) is 10.8. The predicted molar refractivity (Wildman–Crippen MR) is 79.6 cm³/mol. The molecule has 0 aliphatic rings. The molecule has 3 nitrogen and oxygen atoms in total. The largest absolute Gasteiger partial charge is 0.356 e. The zero-order chi connectivity index (χ0) is 13.5. The van der Waals surface area contributed by atoms with Gasteiger partial charge in [-0.3, -0.25) is 4.79 Å². The van der Waals surface area contributed by atoms with Crippen LogP contribution in [0.5, 0.6) is 0 Å². The molecule has 0 saturated heterocycles. The number of carbonyl (C=O) groups excluding carboxylic acids is 1. The van der Waals surface area contributed by atoms with Crippen molar-refractivity contribution in [2.75, 3.05) is 10.6 Å². The van der Waals surface area contributed by atoms with E-state index in [1.807, 2.05) is 61.5 Å². The fourth-order valence-corrected chi connectivity index (χ4v) is 1.66. The molecular weight excluding hydrogens is 236 g/mol. The second kappa shape index (κ2) is 6.40. The Morgan fingerprint density at radius 2 is 1.47 bits per heavy atom. The Balaban J connectivity index is 2.00. The molecule has 19 heavy (non-hydrogen) atoms. The lowest BCUT2D eigenvalue weighted by Crippen LogP contribution is -2.07. The third-order valence-corrected chi connectivity index (χ3v) is 2.53. The molecule has 0 aliphatic carbocycles. The van der Waals surface area contributed by atoms with Gasteiger partial charge >= 0.3 is 0 Å². The van der Waals surface area contributed by atoms with Crippen LogP contribution in [0.2, 0.25) is 0 Å². The Hall–Kier alpha value is -2.55. The number of nitrogens with one attached hydrogen (secondary N) is 2. The summed E-state index contributed by atoms with van der Waals surface area (Å²) in [5.41, 5.74) is 2.80. The summed E-state index contributed by atoms with van der Waals surface area (Å²) in [6.07, 6.45) is 3.21. The second-order valence-electron chi connectivity index (χ2n) is 4.06. The molecule has 2 aromatic rings. The molecule has 1 amide bonds. The number of hydrogen-bond donors (Lipinski definition) is 2. The molecule has 0 atom stereocenters. The molecule has 2 rings (SSSR count). The first kappa shape index (κ1) is 12.9. The lowest BCUT2D eigenvalue weighted by Gasteiger charge is -2.07. The summed E-state index contributed by atoms with van der Waals surface area (Å²) in [5.74, 6) is -0.119. The van der Waals surface area contributed by atoms with Crippen LogP contribution < -0.4 is 10.6 Å². The molecule has 2 aromatic carbocycles. The van der Waals surface area contributed by atoms with E-state index in [1.165, 1.54) is 6.08 Å². The lowest BCUT2D eigenvalue weighted by molar-refractivity contribution is -0.111. The molecule has 0 bridgehead atoms. The van der Waals surface area contributed by atoms with Crippen molar-refractivity contribution in [2.24, 2.45) is 0 Å². The highest BCUT2D eigenvalue weighted by Crippen LogP contribution is 2.18. The smallest absolute Gasteiger partial charge is 0.248 e. The number of rotatable bonds is 4. The minimum Gasteiger partial charge on any atom is -0.356 e. The van der Waals surface area contributed by atoms with E-state index in [0.717, 1.165) is 17.1 Å². The van der Waals surface area contributed by atoms with Gasteiger partial charge in [-0.2, -0.15) is 0 Å². The maximum absolute atomic E-state index is 11.4.